The molecule has 510 valence electrons. The Morgan fingerprint density at radius 3 is 1.85 bits per heavy atom. The van der Waals surface area contributed by atoms with Gasteiger partial charge in [-0.05, 0) is 99.7 Å². The minimum atomic E-state index is -4.74. The van der Waals surface area contributed by atoms with E-state index in [1.54, 1.807) is 27.7 Å². The highest BCUT2D eigenvalue weighted by atomic mass is 35.5. The molecule has 2 aliphatic heterocycles. The van der Waals surface area contributed by atoms with Gasteiger partial charge in [0.2, 0.25) is 65.0 Å². The number of amides is 11. The summed E-state index contributed by atoms with van der Waals surface area (Å²) < 4.78 is 41.3. The summed E-state index contributed by atoms with van der Waals surface area (Å²) in [4.78, 5) is 168. The van der Waals surface area contributed by atoms with E-state index in [2.05, 4.69) is 21.3 Å². The van der Waals surface area contributed by atoms with Crippen LogP contribution < -0.4 is 21.3 Å². The Kier molecular flexibility index (Phi) is 27.6. The van der Waals surface area contributed by atoms with Crippen LogP contribution in [-0.4, -0.2) is 216 Å². The number of alkyl halides is 3. The predicted molar refractivity (Wildman–Crippen MR) is 337 cm³/mol. The molecule has 4 N–H and O–H groups in total. The molecule has 2 saturated heterocycles. The van der Waals surface area contributed by atoms with E-state index in [1.807, 2.05) is 20.8 Å². The third-order valence-electron chi connectivity index (χ3n) is 18.9. The summed E-state index contributed by atoms with van der Waals surface area (Å²) in [6.45, 7) is 11.0. The van der Waals surface area contributed by atoms with Gasteiger partial charge >= 0.3 is 6.18 Å². The molecule has 26 heteroatoms. The lowest BCUT2D eigenvalue weighted by atomic mass is 9.79. The monoisotopic (exact) mass is 1300 g/mol. The third-order valence-corrected chi connectivity index (χ3v) is 19.2. The van der Waals surface area contributed by atoms with Gasteiger partial charge in [-0.1, -0.05) is 117 Å². The number of aryl methyl sites for hydroxylation is 1. The number of rotatable bonds is 10. The van der Waals surface area contributed by atoms with Crippen LogP contribution in [0.15, 0.2) is 18.2 Å². The van der Waals surface area contributed by atoms with Gasteiger partial charge in [-0.25, -0.2) is 0 Å². The molecule has 8 atom stereocenters. The fourth-order valence-electron chi connectivity index (χ4n) is 13.2. The van der Waals surface area contributed by atoms with Gasteiger partial charge in [-0.15, -0.1) is 0 Å². The number of carbonyl (C=O) groups is 11. The van der Waals surface area contributed by atoms with Crippen molar-refractivity contribution in [1.29, 1.82) is 0 Å². The summed E-state index contributed by atoms with van der Waals surface area (Å²) in [5.41, 5.74) is -2.26. The predicted octanol–water partition coefficient (Wildman–Crippen LogP) is 5.55. The van der Waals surface area contributed by atoms with Crippen LogP contribution in [0.2, 0.25) is 5.02 Å². The van der Waals surface area contributed by atoms with Gasteiger partial charge in [0.25, 0.3) is 0 Å². The normalized spacial score (nSPS) is 26.3. The Morgan fingerprint density at radius 1 is 0.648 bits per heavy atom. The molecule has 0 unspecified atom stereocenters. The van der Waals surface area contributed by atoms with Crippen LogP contribution in [0.1, 0.15) is 169 Å². The number of halogens is 4. The summed E-state index contributed by atoms with van der Waals surface area (Å²) in [5.74, 6) is -7.79. The first kappa shape index (κ1) is 75.2. The van der Waals surface area contributed by atoms with Crippen LogP contribution in [0.3, 0.4) is 0 Å². The van der Waals surface area contributed by atoms with E-state index in [1.165, 1.54) is 68.0 Å². The van der Waals surface area contributed by atoms with Crippen molar-refractivity contribution in [2.45, 2.75) is 218 Å². The fourth-order valence-corrected chi connectivity index (χ4v) is 13.5. The van der Waals surface area contributed by atoms with Crippen LogP contribution in [0.25, 0.3) is 0 Å². The number of benzene rings is 1. The zero-order chi connectivity index (χ0) is 68.0. The molecule has 4 aliphatic rings. The van der Waals surface area contributed by atoms with Crippen molar-refractivity contribution >= 4 is 76.6 Å². The Bertz CT molecular complexity index is 2780. The molecule has 11 amide bonds. The highest BCUT2D eigenvalue weighted by Gasteiger charge is 2.49. The molecule has 1 spiro atoms. The molecule has 91 heavy (non-hydrogen) atoms. The van der Waals surface area contributed by atoms with E-state index in [4.69, 9.17) is 11.6 Å². The number of nitrogens with one attached hydrogen (secondary N) is 4. The minimum Gasteiger partial charge on any atom is -0.351 e. The van der Waals surface area contributed by atoms with Crippen LogP contribution in [-0.2, 0) is 65.3 Å². The van der Waals surface area contributed by atoms with E-state index in [9.17, 15) is 56.3 Å². The van der Waals surface area contributed by atoms with Crippen molar-refractivity contribution in [3.63, 3.8) is 0 Å². The molecular weight excluding hydrogens is 1200 g/mol. The molecular formula is C65H101ClF3N11O11. The zero-order valence-electron chi connectivity index (χ0n) is 55.8. The van der Waals surface area contributed by atoms with Crippen molar-refractivity contribution in [2.75, 3.05) is 68.5 Å². The topological polar surface area (TPSA) is 259 Å². The van der Waals surface area contributed by atoms with E-state index in [0.717, 1.165) is 65.4 Å². The molecule has 1 aromatic rings. The maximum atomic E-state index is 15.1. The minimum absolute atomic E-state index is 0.0333. The molecule has 4 fully saturated rings. The molecule has 2 aliphatic carbocycles. The first-order chi connectivity index (χ1) is 42.6. The van der Waals surface area contributed by atoms with Crippen molar-refractivity contribution < 1.29 is 65.9 Å². The summed E-state index contributed by atoms with van der Waals surface area (Å²) in [6, 6.07) is -4.59. The molecule has 0 radical (unpaired) electrons. The van der Waals surface area contributed by atoms with Crippen LogP contribution in [0, 0.1) is 23.7 Å². The summed E-state index contributed by atoms with van der Waals surface area (Å²) in [5, 5.41) is 11.0. The number of fused-ring (bicyclic) bond motifs is 1. The Morgan fingerprint density at radius 2 is 1.25 bits per heavy atom. The van der Waals surface area contributed by atoms with Crippen molar-refractivity contribution in [1.82, 2.24) is 55.6 Å². The van der Waals surface area contributed by atoms with Gasteiger partial charge in [0.1, 0.15) is 41.8 Å². The second-order valence-electron chi connectivity index (χ2n) is 26.9. The van der Waals surface area contributed by atoms with E-state index < -0.39 is 161 Å². The Balaban J connectivity index is 1.55. The lowest BCUT2D eigenvalue weighted by Crippen LogP contribution is -2.66. The highest BCUT2D eigenvalue weighted by Crippen LogP contribution is 2.36. The highest BCUT2D eigenvalue weighted by molar-refractivity contribution is 6.31. The molecule has 2 saturated carbocycles. The molecule has 0 bridgehead atoms. The maximum absolute atomic E-state index is 15.1. The van der Waals surface area contributed by atoms with Crippen molar-refractivity contribution in [3.8, 4) is 0 Å². The molecule has 2 heterocycles. The van der Waals surface area contributed by atoms with Gasteiger partial charge in [-0.2, -0.15) is 13.2 Å². The number of nitrogens with zero attached hydrogens (tertiary/aromatic N) is 7. The number of carbonyl (C=O) groups excluding carboxylic acids is 11. The summed E-state index contributed by atoms with van der Waals surface area (Å²) in [7, 11) is 8.57. The van der Waals surface area contributed by atoms with Gasteiger partial charge in [0.15, 0.2) is 0 Å². The SMILES string of the molecule is CC[C@H](C)[C@@H]1NC(=O)[C@H](CC(C)C)N(C)C(=O)C[C@@H](C)NC(=O)[C@H](C(C)C)N(C)C(=O)C2(CCCCC2)NC(=O)[C@@H]2CCCN2C(=O)[C@H](CCc2ccc(C(F)(F)F)c(Cl)c2)NC(=O)CN(C)C(=O)[C@H](CC2CCCCC2)N(C)C(=O)CN(C)C(=O)CN(C)C1=O. The van der Waals surface area contributed by atoms with Crippen LogP contribution in [0.5, 0.6) is 0 Å². The second-order valence-corrected chi connectivity index (χ2v) is 27.3. The third kappa shape index (κ3) is 20.0. The fraction of sp³-hybridized carbons (Fsp3) is 0.738. The first-order valence-electron chi connectivity index (χ1n) is 32.5. The molecule has 5 rings (SSSR count). The maximum Gasteiger partial charge on any atom is 0.417 e. The van der Waals surface area contributed by atoms with Crippen molar-refractivity contribution in [3.05, 3.63) is 34.3 Å². The lowest BCUT2D eigenvalue weighted by Gasteiger charge is -2.43. The number of hydrogen-bond donors (Lipinski definition) is 4. The molecule has 0 aromatic heterocycles. The van der Waals surface area contributed by atoms with E-state index in [-0.39, 0.29) is 69.7 Å². The van der Waals surface area contributed by atoms with E-state index in [0.29, 0.717) is 31.2 Å². The van der Waals surface area contributed by atoms with Gasteiger partial charge < -0.3 is 55.6 Å². The van der Waals surface area contributed by atoms with Gasteiger partial charge in [0, 0.05) is 61.3 Å². The lowest BCUT2D eigenvalue weighted by molar-refractivity contribution is -0.150. The molecule has 22 nitrogen and oxygen atoms in total. The van der Waals surface area contributed by atoms with Crippen molar-refractivity contribution in [2.24, 2.45) is 23.7 Å². The Hall–Kier alpha value is -6.53. The first-order valence-corrected chi connectivity index (χ1v) is 32.9. The smallest absolute Gasteiger partial charge is 0.351 e. The van der Waals surface area contributed by atoms with E-state index >= 15 is 9.59 Å². The quantitative estimate of drug-likeness (QED) is 0.226. The average Bonchev–Trinajstić information content (AvgIpc) is 1.81. The van der Waals surface area contributed by atoms with Gasteiger partial charge in [0.05, 0.1) is 30.2 Å². The number of hydrogen-bond acceptors (Lipinski definition) is 11. The number of likely N-dealkylation sites (N-methyl/N-ethyl adjacent to an activating group) is 6. The Labute approximate surface area is 540 Å². The summed E-state index contributed by atoms with van der Waals surface area (Å²) in [6.07, 6.45) is 2.81. The second kappa shape index (κ2) is 33.4. The largest absolute Gasteiger partial charge is 0.417 e. The summed E-state index contributed by atoms with van der Waals surface area (Å²) >= 11 is 6.12. The standard InChI is InChI=1S/C65H101ClF3N11O11/c1-14-41(6)55-62(90)76(10)37-53(83)74(8)38-54(84)78(12)50(35-43-22-17-15-18-23-43)61(89)75(9)36-51(81)71-47(28-26-44-25-27-45(46(66)34-44)65(67,68)69)60(88)80-31-21-24-48(80)58(86)73-64(29-19-16-20-30-64)63(91)79(13)56(40(4)5)59(87)70-42(7)33-52(82)77(11)49(32-39(2)3)57(85)72-55/h25,27,34,39-43,47-50,55-56H,14-24,26,28-33,35-38H2,1-13H3,(H,70,87)(H,71,81)(H,72,85)(H,73,86)/t41-,42+,47-,48-,49-,50-,55-,56-/m0/s1. The average molecular weight is 1310 g/mol. The van der Waals surface area contributed by atoms with Gasteiger partial charge in [-0.3, -0.25) is 52.7 Å². The van der Waals surface area contributed by atoms with Crippen LogP contribution in [0.4, 0.5) is 13.2 Å². The molecule has 1 aromatic carbocycles. The van der Waals surface area contributed by atoms with Crippen LogP contribution >= 0.6 is 11.6 Å². The zero-order valence-corrected chi connectivity index (χ0v) is 56.5.